The van der Waals surface area contributed by atoms with Crippen molar-refractivity contribution in [3.63, 3.8) is 0 Å². The molecule has 1 amide bonds. The molecule has 0 saturated heterocycles. The summed E-state index contributed by atoms with van der Waals surface area (Å²) in [6.07, 6.45) is 4.51. The topological polar surface area (TPSA) is 173 Å². The van der Waals surface area contributed by atoms with E-state index in [-0.39, 0.29) is 25.0 Å². The van der Waals surface area contributed by atoms with Crippen LogP contribution >= 0.6 is 11.6 Å². The van der Waals surface area contributed by atoms with Gasteiger partial charge in [0.15, 0.2) is 5.15 Å². The number of aromatic nitrogens is 10. The Kier molecular flexibility index (Phi) is 14.1. The van der Waals surface area contributed by atoms with Crippen LogP contribution in [0.4, 0.5) is 0 Å². The van der Waals surface area contributed by atoms with Gasteiger partial charge in [0.25, 0.3) is 0 Å². The molecule has 0 saturated carbocycles. The van der Waals surface area contributed by atoms with Crippen LogP contribution in [0.1, 0.15) is 82.4 Å². The fourth-order valence-corrected chi connectivity index (χ4v) is 7.78. The number of benzene rings is 4. The van der Waals surface area contributed by atoms with E-state index in [0.29, 0.717) is 41.9 Å². The fourth-order valence-electron chi connectivity index (χ4n) is 7.52. The first-order valence-corrected chi connectivity index (χ1v) is 21.2. The van der Waals surface area contributed by atoms with Gasteiger partial charge >= 0.3 is 5.97 Å². The van der Waals surface area contributed by atoms with Crippen LogP contribution in [0.25, 0.3) is 45.0 Å². The number of nitrogens with zero attached hydrogens (tertiary/aromatic N) is 9. The third-order valence-electron chi connectivity index (χ3n) is 10.7. The Hall–Kier alpha value is -6.54. The Labute approximate surface area is 360 Å². The summed E-state index contributed by atoms with van der Waals surface area (Å²) in [5.41, 5.74) is 8.14. The van der Waals surface area contributed by atoms with Crippen LogP contribution in [0.5, 0.6) is 0 Å². The Morgan fingerprint density at radius 1 is 0.738 bits per heavy atom. The van der Waals surface area contributed by atoms with Crippen LogP contribution in [0.15, 0.2) is 97.1 Å². The van der Waals surface area contributed by atoms with Crippen molar-refractivity contribution in [2.45, 2.75) is 92.0 Å². The lowest BCUT2D eigenvalue weighted by molar-refractivity contribution is -0.159. The molecule has 0 fully saturated rings. The number of carbonyl (C=O) groups excluding carboxylic acids is 2. The van der Waals surface area contributed by atoms with Gasteiger partial charge in [-0.25, -0.2) is 9.78 Å². The minimum absolute atomic E-state index is 0.0956. The number of ether oxygens (including phenoxy) is 1. The second-order valence-corrected chi connectivity index (χ2v) is 15.7. The zero-order chi connectivity index (χ0) is 42.7. The van der Waals surface area contributed by atoms with Crippen molar-refractivity contribution >= 4 is 23.5 Å². The Morgan fingerprint density at radius 3 is 1.79 bits per heavy atom. The molecular formula is C46H50ClN11O3. The molecule has 2 N–H and O–H groups in total. The molecule has 0 spiro atoms. The van der Waals surface area contributed by atoms with Crippen molar-refractivity contribution in [1.29, 1.82) is 0 Å². The van der Waals surface area contributed by atoms with Crippen LogP contribution in [-0.2, 0) is 40.4 Å². The number of tetrazole rings is 2. The molecule has 15 heteroatoms. The highest BCUT2D eigenvalue weighted by Gasteiger charge is 2.34. The zero-order valence-corrected chi connectivity index (χ0v) is 35.6. The summed E-state index contributed by atoms with van der Waals surface area (Å²) >= 11 is 6.85. The van der Waals surface area contributed by atoms with Gasteiger partial charge in [-0.1, -0.05) is 149 Å². The molecule has 7 rings (SSSR count). The smallest absolute Gasteiger partial charge is 0.329 e. The van der Waals surface area contributed by atoms with Crippen molar-refractivity contribution in [1.82, 2.24) is 55.7 Å². The SMILES string of the molecule is CCCCC(=O)N(Cc1ccc(-c2ccccc2-c2nn[nH]n2)cc1)[C@H](C(=O)OCc1c(Cl)nc(CCCC)n1Cc1ccc(-c2ccccc2-c2nn[nH]n2)cc1)C(C)C. The number of unbranched alkanes of at least 4 members (excludes halogenated alkanes) is 2. The molecule has 0 aliphatic heterocycles. The fraction of sp³-hybridized carbons (Fsp3) is 0.326. The number of aryl methyl sites for hydroxylation is 1. The predicted octanol–water partition coefficient (Wildman–Crippen LogP) is 8.91. The number of halogens is 1. The van der Waals surface area contributed by atoms with E-state index in [1.54, 1.807) is 4.90 Å². The second-order valence-electron chi connectivity index (χ2n) is 15.3. The normalized spacial score (nSPS) is 11.8. The van der Waals surface area contributed by atoms with Crippen LogP contribution in [0.2, 0.25) is 5.15 Å². The molecule has 0 radical (unpaired) electrons. The first-order valence-electron chi connectivity index (χ1n) is 20.8. The summed E-state index contributed by atoms with van der Waals surface area (Å²) in [6.45, 7) is 8.68. The van der Waals surface area contributed by atoms with Gasteiger partial charge in [0.2, 0.25) is 17.6 Å². The van der Waals surface area contributed by atoms with Gasteiger partial charge in [-0.05, 0) is 62.6 Å². The summed E-state index contributed by atoms with van der Waals surface area (Å²) in [6, 6.07) is 31.2. The van der Waals surface area contributed by atoms with Crippen molar-refractivity contribution in [3.8, 4) is 45.0 Å². The number of rotatable bonds is 19. The lowest BCUT2D eigenvalue weighted by Crippen LogP contribution is -2.48. The summed E-state index contributed by atoms with van der Waals surface area (Å²) in [7, 11) is 0. The molecule has 14 nitrogen and oxygen atoms in total. The third-order valence-corrected chi connectivity index (χ3v) is 11.0. The number of hydrogen-bond donors (Lipinski definition) is 2. The number of amides is 1. The minimum atomic E-state index is -0.833. The second kappa shape index (κ2) is 20.1. The van der Waals surface area contributed by atoms with Crippen molar-refractivity contribution in [3.05, 3.63) is 125 Å². The first kappa shape index (κ1) is 42.6. The Bertz CT molecular complexity index is 2500. The number of aromatic amines is 2. The minimum Gasteiger partial charge on any atom is -0.458 e. The number of imidazole rings is 1. The predicted molar refractivity (Wildman–Crippen MR) is 234 cm³/mol. The maximum Gasteiger partial charge on any atom is 0.329 e. The monoisotopic (exact) mass is 839 g/mol. The summed E-state index contributed by atoms with van der Waals surface area (Å²) < 4.78 is 8.19. The summed E-state index contributed by atoms with van der Waals surface area (Å²) in [5, 5.41) is 29.5. The van der Waals surface area contributed by atoms with E-state index in [9.17, 15) is 9.59 Å². The molecule has 0 aliphatic carbocycles. The molecule has 0 unspecified atom stereocenters. The first-order chi connectivity index (χ1) is 29.7. The van der Waals surface area contributed by atoms with E-state index in [1.807, 2.05) is 93.6 Å². The van der Waals surface area contributed by atoms with Crippen LogP contribution in [-0.4, -0.2) is 73.6 Å². The molecule has 3 aromatic heterocycles. The van der Waals surface area contributed by atoms with Gasteiger partial charge in [-0.15, -0.1) is 20.4 Å². The molecule has 0 aliphatic rings. The van der Waals surface area contributed by atoms with Gasteiger partial charge in [0.1, 0.15) is 18.5 Å². The number of carbonyl (C=O) groups is 2. The quantitative estimate of drug-likeness (QED) is 0.0749. The molecule has 1 atom stereocenters. The largest absolute Gasteiger partial charge is 0.458 e. The molecule has 3 heterocycles. The third kappa shape index (κ3) is 10.1. The molecule has 4 aromatic carbocycles. The molecular weight excluding hydrogens is 790 g/mol. The van der Waals surface area contributed by atoms with Crippen LogP contribution < -0.4 is 0 Å². The summed E-state index contributed by atoms with van der Waals surface area (Å²) in [4.78, 5) is 34.7. The summed E-state index contributed by atoms with van der Waals surface area (Å²) in [5.74, 6) is 1.02. The highest BCUT2D eigenvalue weighted by molar-refractivity contribution is 6.30. The van der Waals surface area contributed by atoms with Gasteiger partial charge in [0, 0.05) is 37.1 Å². The molecule has 314 valence electrons. The molecule has 0 bridgehead atoms. The van der Waals surface area contributed by atoms with Gasteiger partial charge in [-0.3, -0.25) is 4.79 Å². The highest BCUT2D eigenvalue weighted by atomic mass is 35.5. The van der Waals surface area contributed by atoms with E-state index in [4.69, 9.17) is 21.3 Å². The van der Waals surface area contributed by atoms with Gasteiger partial charge < -0.3 is 14.2 Å². The van der Waals surface area contributed by atoms with Crippen molar-refractivity contribution in [2.24, 2.45) is 5.92 Å². The van der Waals surface area contributed by atoms with Crippen LogP contribution in [0, 0.1) is 5.92 Å². The average molecular weight is 840 g/mol. The standard InChI is InChI=1S/C46H50ClN11O3/c1-5-7-17-40-48-43(47)39(57(40)27-31-19-23-33(24-20-31)35-13-9-11-15-37(35)44-49-53-54-50-44)29-61-46(60)42(30(3)4)58(41(59)18-8-6-2)28-32-21-25-34(26-22-32)36-14-10-12-16-38(36)45-51-55-56-52-45/h9-16,19-26,30,42H,5-8,17-18,27-29H2,1-4H3,(H,49,50,53,54)(H,51,52,55,56)/t42-/m0/s1. The van der Waals surface area contributed by atoms with Crippen molar-refractivity contribution < 1.29 is 14.3 Å². The van der Waals surface area contributed by atoms with Crippen molar-refractivity contribution in [2.75, 3.05) is 0 Å². The van der Waals surface area contributed by atoms with Crippen LogP contribution in [0.3, 0.4) is 0 Å². The van der Waals surface area contributed by atoms with E-state index in [1.165, 1.54) is 0 Å². The number of hydrogen-bond acceptors (Lipinski definition) is 10. The lowest BCUT2D eigenvalue weighted by atomic mass is 9.97. The van der Waals surface area contributed by atoms with E-state index in [2.05, 4.69) is 77.0 Å². The zero-order valence-electron chi connectivity index (χ0n) is 34.9. The van der Waals surface area contributed by atoms with E-state index < -0.39 is 12.0 Å². The molecule has 7 aromatic rings. The maximum atomic E-state index is 14.3. The van der Waals surface area contributed by atoms with E-state index in [0.717, 1.165) is 76.0 Å². The van der Waals surface area contributed by atoms with Gasteiger partial charge in [-0.2, -0.15) is 10.4 Å². The number of nitrogens with one attached hydrogen (secondary N) is 2. The Balaban J connectivity index is 1.11. The van der Waals surface area contributed by atoms with E-state index >= 15 is 0 Å². The number of esters is 1. The number of H-pyrrole nitrogens is 2. The average Bonchev–Trinajstić information content (AvgIpc) is 4.08. The molecule has 61 heavy (non-hydrogen) atoms. The van der Waals surface area contributed by atoms with Gasteiger partial charge in [0.05, 0.1) is 5.69 Å². The lowest BCUT2D eigenvalue weighted by Gasteiger charge is -2.33. The maximum absolute atomic E-state index is 14.3. The Morgan fingerprint density at radius 2 is 1.28 bits per heavy atom. The highest BCUT2D eigenvalue weighted by Crippen LogP contribution is 2.32.